The molecule has 2 aromatic carbocycles. The van der Waals surface area contributed by atoms with E-state index in [9.17, 15) is 18.0 Å². The Morgan fingerprint density at radius 2 is 1.73 bits per heavy atom. The third kappa shape index (κ3) is 6.25. The number of likely N-dealkylation sites (tertiary alicyclic amines) is 2. The lowest BCUT2D eigenvalue weighted by molar-refractivity contribution is -0.137. The van der Waals surface area contributed by atoms with E-state index in [4.69, 9.17) is 9.72 Å². The highest BCUT2D eigenvalue weighted by molar-refractivity contribution is 6.00. The summed E-state index contributed by atoms with van der Waals surface area (Å²) in [4.78, 5) is 23.0. The quantitative estimate of drug-likeness (QED) is 0.368. The Bertz CT molecular complexity index is 1330. The van der Waals surface area contributed by atoms with Crippen LogP contribution in [0.3, 0.4) is 0 Å². The molecule has 0 saturated carbocycles. The molecule has 2 saturated heterocycles. The zero-order chi connectivity index (χ0) is 28.3. The minimum absolute atomic E-state index is 0.0994. The first-order valence-corrected chi connectivity index (χ1v) is 13.8. The number of alkyl halides is 3. The molecule has 2 aliphatic heterocycles. The highest BCUT2D eigenvalue weighted by Gasteiger charge is 2.32. The van der Waals surface area contributed by atoms with Crippen LogP contribution in [0.5, 0.6) is 5.75 Å². The van der Waals surface area contributed by atoms with Crippen molar-refractivity contribution in [1.82, 2.24) is 14.8 Å². The second-order valence-electron chi connectivity index (χ2n) is 10.6. The first-order valence-electron chi connectivity index (χ1n) is 13.8. The van der Waals surface area contributed by atoms with E-state index in [1.165, 1.54) is 18.9 Å². The normalized spacial score (nSPS) is 16.8. The maximum absolute atomic E-state index is 13.9. The van der Waals surface area contributed by atoms with Crippen molar-refractivity contribution < 1.29 is 22.7 Å². The van der Waals surface area contributed by atoms with Crippen LogP contribution in [0.25, 0.3) is 11.3 Å². The number of methoxy groups -OCH3 is 1. The number of ether oxygens (including phenoxy) is 1. The van der Waals surface area contributed by atoms with Gasteiger partial charge in [0.05, 0.1) is 23.9 Å². The number of benzene rings is 2. The van der Waals surface area contributed by atoms with Gasteiger partial charge in [-0.2, -0.15) is 13.2 Å². The second-order valence-corrected chi connectivity index (χ2v) is 10.6. The Morgan fingerprint density at radius 3 is 2.38 bits per heavy atom. The SMILES string of the molecule is COc1ccc(CNc2nc(-c3cccc(C(F)(F)F)c3)cc(C)c2C(=O)N2CCC(N3CCCC3)CC2)cc1. The van der Waals surface area contributed by atoms with E-state index in [0.29, 0.717) is 53.9 Å². The minimum Gasteiger partial charge on any atom is -0.497 e. The zero-order valence-corrected chi connectivity index (χ0v) is 22.9. The summed E-state index contributed by atoms with van der Waals surface area (Å²) in [7, 11) is 1.60. The predicted octanol–water partition coefficient (Wildman–Crippen LogP) is 6.40. The summed E-state index contributed by atoms with van der Waals surface area (Å²) in [5.41, 5.74) is 2.07. The topological polar surface area (TPSA) is 57.7 Å². The number of nitrogens with one attached hydrogen (secondary N) is 1. The highest BCUT2D eigenvalue weighted by Crippen LogP contribution is 2.34. The molecule has 2 fully saturated rings. The number of rotatable bonds is 7. The summed E-state index contributed by atoms with van der Waals surface area (Å²) < 4.78 is 45.5. The molecule has 6 nitrogen and oxygen atoms in total. The van der Waals surface area contributed by atoms with Crippen molar-refractivity contribution in [2.75, 3.05) is 38.6 Å². The lowest BCUT2D eigenvalue weighted by Gasteiger charge is -2.37. The Kier molecular flexibility index (Phi) is 8.30. The fourth-order valence-electron chi connectivity index (χ4n) is 5.70. The maximum atomic E-state index is 13.9. The van der Waals surface area contributed by atoms with Gasteiger partial charge in [-0.1, -0.05) is 24.3 Å². The maximum Gasteiger partial charge on any atom is 0.416 e. The van der Waals surface area contributed by atoms with Gasteiger partial charge >= 0.3 is 6.18 Å². The van der Waals surface area contributed by atoms with E-state index in [1.54, 1.807) is 19.2 Å². The summed E-state index contributed by atoms with van der Waals surface area (Å²) in [5, 5.41) is 3.31. The van der Waals surface area contributed by atoms with Gasteiger partial charge in [-0.15, -0.1) is 0 Å². The highest BCUT2D eigenvalue weighted by atomic mass is 19.4. The number of aromatic nitrogens is 1. The molecule has 5 rings (SSSR count). The van der Waals surface area contributed by atoms with E-state index < -0.39 is 11.7 Å². The summed E-state index contributed by atoms with van der Waals surface area (Å²) in [6, 6.07) is 14.9. The number of aryl methyl sites for hydroxylation is 1. The molecule has 2 aliphatic rings. The molecule has 0 radical (unpaired) electrons. The summed E-state index contributed by atoms with van der Waals surface area (Å²) >= 11 is 0. The Morgan fingerprint density at radius 1 is 1.02 bits per heavy atom. The number of carbonyl (C=O) groups is 1. The van der Waals surface area contributed by atoms with Crippen LogP contribution in [0.1, 0.15) is 52.7 Å². The van der Waals surface area contributed by atoms with Crippen molar-refractivity contribution in [3.05, 3.63) is 76.9 Å². The number of hydrogen-bond donors (Lipinski definition) is 1. The second kappa shape index (κ2) is 11.9. The molecular formula is C31H35F3N4O2. The Hall–Kier alpha value is -3.59. The molecule has 9 heteroatoms. The molecule has 40 heavy (non-hydrogen) atoms. The van der Waals surface area contributed by atoms with Crippen molar-refractivity contribution in [2.45, 2.75) is 51.4 Å². The molecule has 0 bridgehead atoms. The van der Waals surface area contributed by atoms with E-state index in [1.807, 2.05) is 36.1 Å². The average molecular weight is 553 g/mol. The van der Waals surface area contributed by atoms with Gasteiger partial charge in [0, 0.05) is 31.2 Å². The number of pyridine rings is 1. The Balaban J connectivity index is 1.43. The van der Waals surface area contributed by atoms with Crippen LogP contribution in [0.15, 0.2) is 54.6 Å². The number of amides is 1. The number of halogens is 3. The fourth-order valence-corrected chi connectivity index (χ4v) is 5.70. The minimum atomic E-state index is -4.46. The monoisotopic (exact) mass is 552 g/mol. The molecule has 3 heterocycles. The predicted molar refractivity (Wildman–Crippen MR) is 149 cm³/mol. The van der Waals surface area contributed by atoms with Crippen LogP contribution in [-0.4, -0.2) is 60.0 Å². The van der Waals surface area contributed by atoms with Crippen LogP contribution < -0.4 is 10.1 Å². The number of anilines is 1. The van der Waals surface area contributed by atoms with Crippen molar-refractivity contribution >= 4 is 11.7 Å². The van der Waals surface area contributed by atoms with Gasteiger partial charge < -0.3 is 19.9 Å². The smallest absolute Gasteiger partial charge is 0.416 e. The summed E-state index contributed by atoms with van der Waals surface area (Å²) in [6.45, 7) is 5.83. The van der Waals surface area contributed by atoms with Crippen molar-refractivity contribution in [3.63, 3.8) is 0 Å². The molecular weight excluding hydrogens is 517 g/mol. The summed E-state index contributed by atoms with van der Waals surface area (Å²) in [6.07, 6.45) is -0.0984. The van der Waals surface area contributed by atoms with E-state index in [-0.39, 0.29) is 5.91 Å². The van der Waals surface area contributed by atoms with Gasteiger partial charge in [-0.3, -0.25) is 4.79 Å². The van der Waals surface area contributed by atoms with Crippen LogP contribution in [0.2, 0.25) is 0 Å². The molecule has 0 unspecified atom stereocenters. The summed E-state index contributed by atoms with van der Waals surface area (Å²) in [5.74, 6) is 1.00. The van der Waals surface area contributed by atoms with Gasteiger partial charge in [0.2, 0.25) is 0 Å². The van der Waals surface area contributed by atoms with Crippen LogP contribution in [0, 0.1) is 6.92 Å². The molecule has 1 aromatic heterocycles. The molecule has 0 aliphatic carbocycles. The van der Waals surface area contributed by atoms with Crippen molar-refractivity contribution in [2.24, 2.45) is 0 Å². The number of nitrogens with zero attached hydrogens (tertiary/aromatic N) is 3. The molecule has 1 N–H and O–H groups in total. The standard InChI is InChI=1S/C31H35F3N4O2/c1-21-18-27(23-6-5-7-24(19-23)31(32,33)34)36-29(35-20-22-8-10-26(40-2)11-9-22)28(21)30(39)38-16-12-25(13-17-38)37-14-3-4-15-37/h5-11,18-19,25H,3-4,12-17,20H2,1-2H3,(H,35,36). The first kappa shape index (κ1) is 28.0. The van der Waals surface area contributed by atoms with Gasteiger partial charge in [0.1, 0.15) is 11.6 Å². The third-order valence-corrected chi connectivity index (χ3v) is 7.94. The van der Waals surface area contributed by atoms with E-state index in [2.05, 4.69) is 10.2 Å². The molecule has 0 spiro atoms. The number of carbonyl (C=O) groups excluding carboxylic acids is 1. The number of piperidine rings is 1. The van der Waals surface area contributed by atoms with Crippen LogP contribution in [0.4, 0.5) is 19.0 Å². The first-order chi connectivity index (χ1) is 19.2. The van der Waals surface area contributed by atoms with Crippen molar-refractivity contribution in [3.8, 4) is 17.0 Å². The van der Waals surface area contributed by atoms with E-state index >= 15 is 0 Å². The van der Waals surface area contributed by atoms with Crippen LogP contribution in [-0.2, 0) is 12.7 Å². The largest absolute Gasteiger partial charge is 0.497 e. The Labute approximate surface area is 233 Å². The molecule has 0 atom stereocenters. The molecule has 1 amide bonds. The fraction of sp³-hybridized carbons (Fsp3) is 0.419. The van der Waals surface area contributed by atoms with Gasteiger partial charge in [0.15, 0.2) is 0 Å². The van der Waals surface area contributed by atoms with Crippen molar-refractivity contribution in [1.29, 1.82) is 0 Å². The molecule has 212 valence electrons. The van der Waals surface area contributed by atoms with E-state index in [0.717, 1.165) is 49.4 Å². The van der Waals surface area contributed by atoms with Crippen LogP contribution >= 0.6 is 0 Å². The lowest BCUT2D eigenvalue weighted by Crippen LogP contribution is -2.46. The average Bonchev–Trinajstić information content (AvgIpc) is 3.51. The third-order valence-electron chi connectivity index (χ3n) is 7.94. The van der Waals surface area contributed by atoms with Gasteiger partial charge in [0.25, 0.3) is 5.91 Å². The lowest BCUT2D eigenvalue weighted by atomic mass is 10.00. The van der Waals surface area contributed by atoms with Gasteiger partial charge in [-0.25, -0.2) is 4.98 Å². The number of hydrogen-bond acceptors (Lipinski definition) is 5. The molecule has 3 aromatic rings. The van der Waals surface area contributed by atoms with Gasteiger partial charge in [-0.05, 0) is 87.2 Å². The zero-order valence-electron chi connectivity index (χ0n) is 22.9.